The summed E-state index contributed by atoms with van der Waals surface area (Å²) in [5.74, 6) is -1.35. The number of ether oxygens (including phenoxy) is 1. The van der Waals surface area contributed by atoms with Crippen LogP contribution in [0.4, 0.5) is 0 Å². The van der Waals surface area contributed by atoms with Crippen LogP contribution in [0.1, 0.15) is 36.5 Å². The van der Waals surface area contributed by atoms with Gasteiger partial charge in [-0.2, -0.15) is 0 Å². The third-order valence-corrected chi connectivity index (χ3v) is 7.28. The maximum absolute atomic E-state index is 13.0. The number of hydrogen-bond donors (Lipinski definition) is 2. The summed E-state index contributed by atoms with van der Waals surface area (Å²) in [7, 11) is -3.55. The van der Waals surface area contributed by atoms with Gasteiger partial charge in [-0.15, -0.1) is 0 Å². The summed E-state index contributed by atoms with van der Waals surface area (Å²) in [5.41, 5.74) is 1.38. The van der Waals surface area contributed by atoms with E-state index in [4.69, 9.17) is 9.84 Å². The molecule has 0 amide bonds. The fourth-order valence-electron chi connectivity index (χ4n) is 3.75. The van der Waals surface area contributed by atoms with E-state index in [-0.39, 0.29) is 10.6 Å². The van der Waals surface area contributed by atoms with Crippen LogP contribution in [0.15, 0.2) is 47.4 Å². The molecule has 150 valence electrons. The van der Waals surface area contributed by atoms with E-state index in [1.54, 1.807) is 50.2 Å². The minimum Gasteiger partial charge on any atom is -0.482 e. The van der Waals surface area contributed by atoms with Crippen LogP contribution in [-0.4, -0.2) is 43.1 Å². The first kappa shape index (κ1) is 20.4. The predicted molar refractivity (Wildman–Crippen MR) is 104 cm³/mol. The molecule has 0 aromatic heterocycles. The van der Waals surface area contributed by atoms with Crippen molar-refractivity contribution >= 4 is 15.8 Å². The molecule has 0 aliphatic carbocycles. The first-order chi connectivity index (χ1) is 13.0. The highest BCUT2D eigenvalue weighted by molar-refractivity contribution is 7.91. The van der Waals surface area contributed by atoms with Crippen molar-refractivity contribution in [3.05, 3.63) is 59.2 Å². The van der Waals surface area contributed by atoms with Gasteiger partial charge in [0, 0.05) is 11.3 Å². The molecule has 28 heavy (non-hydrogen) atoms. The van der Waals surface area contributed by atoms with E-state index < -0.39 is 39.9 Å². The number of sulfone groups is 1. The van der Waals surface area contributed by atoms with Gasteiger partial charge in [-0.3, -0.25) is 0 Å². The van der Waals surface area contributed by atoms with Gasteiger partial charge in [0.1, 0.15) is 5.75 Å². The van der Waals surface area contributed by atoms with E-state index in [1.807, 2.05) is 13.0 Å². The van der Waals surface area contributed by atoms with Gasteiger partial charge < -0.3 is 14.9 Å². The fourth-order valence-corrected chi connectivity index (χ4v) is 5.87. The number of carboxylic acid groups (broad SMARTS) is 1. The topological polar surface area (TPSA) is 101 Å². The van der Waals surface area contributed by atoms with Crippen molar-refractivity contribution in [1.82, 2.24) is 0 Å². The quantitative estimate of drug-likeness (QED) is 0.813. The zero-order chi connectivity index (χ0) is 20.7. The molecule has 7 heteroatoms. The first-order valence-electron chi connectivity index (χ1n) is 8.97. The minimum absolute atomic E-state index is 0.145. The maximum atomic E-state index is 13.0. The second-order valence-electron chi connectivity index (χ2n) is 7.96. The van der Waals surface area contributed by atoms with Crippen molar-refractivity contribution in [3.63, 3.8) is 0 Å². The van der Waals surface area contributed by atoms with Gasteiger partial charge in [-0.05, 0) is 36.2 Å². The summed E-state index contributed by atoms with van der Waals surface area (Å²) >= 11 is 0. The highest BCUT2D eigenvalue weighted by atomic mass is 32.2. The zero-order valence-corrected chi connectivity index (χ0v) is 16.9. The molecule has 1 aliphatic rings. The van der Waals surface area contributed by atoms with Crippen LogP contribution < -0.4 is 4.74 Å². The van der Waals surface area contributed by atoms with E-state index >= 15 is 0 Å². The number of aryl methyl sites for hydroxylation is 1. The molecule has 0 saturated carbocycles. The van der Waals surface area contributed by atoms with E-state index in [1.165, 1.54) is 0 Å². The van der Waals surface area contributed by atoms with E-state index in [2.05, 4.69) is 0 Å². The predicted octanol–water partition coefficient (Wildman–Crippen LogP) is 2.76. The van der Waals surface area contributed by atoms with Crippen molar-refractivity contribution in [2.24, 2.45) is 5.41 Å². The van der Waals surface area contributed by atoms with Crippen molar-refractivity contribution in [2.75, 3.05) is 12.4 Å². The lowest BCUT2D eigenvalue weighted by Crippen LogP contribution is -2.38. The summed E-state index contributed by atoms with van der Waals surface area (Å²) in [4.78, 5) is 10.9. The molecule has 2 aromatic rings. The molecular formula is C21H24O6S. The Kier molecular flexibility index (Phi) is 5.25. The van der Waals surface area contributed by atoms with E-state index in [0.717, 1.165) is 11.1 Å². The molecule has 1 aliphatic heterocycles. The van der Waals surface area contributed by atoms with E-state index in [0.29, 0.717) is 11.3 Å². The number of carboxylic acids is 1. The molecule has 6 nitrogen and oxygen atoms in total. The summed E-state index contributed by atoms with van der Waals surface area (Å²) in [6.45, 7) is 4.95. The van der Waals surface area contributed by atoms with Crippen LogP contribution in [0.25, 0.3) is 0 Å². The molecule has 0 spiro atoms. The third-order valence-electron chi connectivity index (χ3n) is 5.12. The van der Waals surface area contributed by atoms with Crippen LogP contribution in [0.2, 0.25) is 0 Å². The second kappa shape index (κ2) is 7.22. The SMILES string of the molecule is Cc1ccc2c(c1)[C@@H](c1ccc(OCC(=O)O)cc1)[C@@H](O)C(C)(C)CS2(=O)=O. The Balaban J connectivity index is 2.12. The van der Waals surface area contributed by atoms with Crippen LogP contribution >= 0.6 is 0 Å². The Morgan fingerprint density at radius 1 is 1.18 bits per heavy atom. The molecular weight excluding hydrogens is 380 g/mol. The highest BCUT2D eigenvalue weighted by Gasteiger charge is 2.44. The van der Waals surface area contributed by atoms with Crippen molar-refractivity contribution < 1.29 is 28.2 Å². The second-order valence-corrected chi connectivity index (χ2v) is 9.92. The lowest BCUT2D eigenvalue weighted by atomic mass is 9.75. The molecule has 2 aromatic carbocycles. The van der Waals surface area contributed by atoms with Gasteiger partial charge in [-0.1, -0.05) is 43.7 Å². The number of carbonyl (C=O) groups is 1. The lowest BCUT2D eigenvalue weighted by molar-refractivity contribution is -0.139. The molecule has 0 saturated heterocycles. The van der Waals surface area contributed by atoms with Crippen LogP contribution in [0.3, 0.4) is 0 Å². The largest absolute Gasteiger partial charge is 0.482 e. The number of fused-ring (bicyclic) bond motifs is 1. The average Bonchev–Trinajstić information content (AvgIpc) is 2.65. The Hall–Kier alpha value is -2.38. The normalized spacial score (nSPS) is 22.7. The standard InChI is InChI=1S/C21H24O6S/c1-13-4-9-17-16(10-13)19(20(24)21(2,3)12-28(17,25)26)14-5-7-15(8-6-14)27-11-18(22)23/h4-10,19-20,24H,11-12H2,1-3H3,(H,22,23)/t19-,20-/m1/s1. The van der Waals surface area contributed by atoms with Crippen LogP contribution in [0.5, 0.6) is 5.75 Å². The van der Waals surface area contributed by atoms with Crippen LogP contribution in [-0.2, 0) is 14.6 Å². The first-order valence-corrected chi connectivity index (χ1v) is 10.6. The Morgan fingerprint density at radius 2 is 1.82 bits per heavy atom. The maximum Gasteiger partial charge on any atom is 0.341 e. The molecule has 0 radical (unpaired) electrons. The third kappa shape index (κ3) is 3.91. The molecule has 0 unspecified atom stereocenters. The number of aliphatic carboxylic acids is 1. The van der Waals surface area contributed by atoms with Crippen molar-refractivity contribution in [1.29, 1.82) is 0 Å². The van der Waals surface area contributed by atoms with Gasteiger partial charge in [0.15, 0.2) is 16.4 Å². The summed E-state index contributed by atoms with van der Waals surface area (Å²) in [6, 6.07) is 11.9. The van der Waals surface area contributed by atoms with Gasteiger partial charge in [-0.25, -0.2) is 13.2 Å². The van der Waals surface area contributed by atoms with Crippen molar-refractivity contribution in [2.45, 2.75) is 37.7 Å². The van der Waals surface area contributed by atoms with Crippen molar-refractivity contribution in [3.8, 4) is 5.75 Å². The fraction of sp³-hybridized carbons (Fsp3) is 0.381. The number of rotatable bonds is 4. The smallest absolute Gasteiger partial charge is 0.341 e. The minimum atomic E-state index is -3.55. The van der Waals surface area contributed by atoms with Crippen LogP contribution in [0, 0.1) is 12.3 Å². The monoisotopic (exact) mass is 404 g/mol. The lowest BCUT2D eigenvalue weighted by Gasteiger charge is -2.33. The Bertz CT molecular complexity index is 992. The average molecular weight is 404 g/mol. The Morgan fingerprint density at radius 3 is 2.43 bits per heavy atom. The molecule has 1 heterocycles. The number of aliphatic hydroxyl groups excluding tert-OH is 1. The molecule has 3 rings (SSSR count). The zero-order valence-electron chi connectivity index (χ0n) is 16.0. The Labute approximate surface area is 164 Å². The molecule has 2 atom stereocenters. The number of benzene rings is 2. The highest BCUT2D eigenvalue weighted by Crippen LogP contribution is 2.44. The van der Waals surface area contributed by atoms with E-state index in [9.17, 15) is 18.3 Å². The summed E-state index contributed by atoms with van der Waals surface area (Å²) in [6.07, 6.45) is -0.920. The summed E-state index contributed by atoms with van der Waals surface area (Å²) < 4.78 is 31.1. The van der Waals surface area contributed by atoms with Gasteiger partial charge in [0.25, 0.3) is 0 Å². The molecule has 0 fully saturated rings. The number of hydrogen-bond acceptors (Lipinski definition) is 5. The van der Waals surface area contributed by atoms with Gasteiger partial charge in [0.05, 0.1) is 16.8 Å². The summed E-state index contributed by atoms with van der Waals surface area (Å²) in [5, 5.41) is 19.9. The van der Waals surface area contributed by atoms with Gasteiger partial charge >= 0.3 is 5.97 Å². The molecule has 2 N–H and O–H groups in total. The van der Waals surface area contributed by atoms with Gasteiger partial charge in [0.2, 0.25) is 0 Å². The number of aliphatic hydroxyl groups is 1. The molecule has 0 bridgehead atoms.